The Bertz CT molecular complexity index is 308. The lowest BCUT2D eigenvalue weighted by Crippen LogP contribution is -2.11. The first-order valence-corrected chi connectivity index (χ1v) is 4.86. The highest BCUT2D eigenvalue weighted by Crippen LogP contribution is 2.17. The van der Waals surface area contributed by atoms with E-state index in [1.165, 1.54) is 0 Å². The van der Waals surface area contributed by atoms with Crippen molar-refractivity contribution >= 4 is 21.9 Å². The van der Waals surface area contributed by atoms with Crippen molar-refractivity contribution < 1.29 is 9.53 Å². The van der Waals surface area contributed by atoms with Gasteiger partial charge < -0.3 is 4.74 Å². The smallest absolute Gasteiger partial charge is 0.339 e. The molecular weight excluding hydrogens is 232 g/mol. The number of benzene rings is 1. The standard InChI is InChI=1S/C10H11BrO2/c1-7(2)13-10(12)8-5-3-4-6-9(8)11/h3-7H,1-2H3. The lowest BCUT2D eigenvalue weighted by molar-refractivity contribution is 0.0377. The van der Waals surface area contributed by atoms with Gasteiger partial charge in [-0.25, -0.2) is 4.79 Å². The van der Waals surface area contributed by atoms with Crippen molar-refractivity contribution in [3.05, 3.63) is 34.3 Å². The molecule has 0 N–H and O–H groups in total. The Morgan fingerprint density at radius 2 is 2.00 bits per heavy atom. The number of ether oxygens (including phenoxy) is 1. The molecule has 70 valence electrons. The number of halogens is 1. The zero-order valence-electron chi connectivity index (χ0n) is 7.58. The highest BCUT2D eigenvalue weighted by Gasteiger charge is 2.11. The van der Waals surface area contributed by atoms with Gasteiger partial charge in [-0.2, -0.15) is 0 Å². The minimum absolute atomic E-state index is 0.0837. The van der Waals surface area contributed by atoms with E-state index in [0.717, 1.165) is 4.47 Å². The Balaban J connectivity index is 2.83. The Hall–Kier alpha value is -0.830. The van der Waals surface area contributed by atoms with Crippen molar-refractivity contribution in [2.45, 2.75) is 20.0 Å². The number of carbonyl (C=O) groups is 1. The fraction of sp³-hybridized carbons (Fsp3) is 0.300. The molecule has 0 spiro atoms. The molecule has 0 aliphatic carbocycles. The van der Waals surface area contributed by atoms with E-state index in [-0.39, 0.29) is 12.1 Å². The number of hydrogen-bond acceptors (Lipinski definition) is 2. The van der Waals surface area contributed by atoms with Crippen LogP contribution in [0.4, 0.5) is 0 Å². The molecule has 0 radical (unpaired) electrons. The first-order valence-electron chi connectivity index (χ1n) is 4.06. The quantitative estimate of drug-likeness (QED) is 0.746. The van der Waals surface area contributed by atoms with Gasteiger partial charge >= 0.3 is 5.97 Å². The molecule has 3 heteroatoms. The van der Waals surface area contributed by atoms with Gasteiger partial charge in [-0.05, 0) is 41.9 Å². The first-order chi connectivity index (χ1) is 6.11. The first kappa shape index (κ1) is 10.3. The van der Waals surface area contributed by atoms with Crippen LogP contribution in [0.3, 0.4) is 0 Å². The third-order valence-electron chi connectivity index (χ3n) is 1.44. The lowest BCUT2D eigenvalue weighted by atomic mass is 10.2. The predicted molar refractivity (Wildman–Crippen MR) is 54.7 cm³/mol. The van der Waals surface area contributed by atoms with E-state index in [9.17, 15) is 4.79 Å². The molecule has 0 aliphatic rings. The van der Waals surface area contributed by atoms with Crippen molar-refractivity contribution in [3.63, 3.8) is 0 Å². The van der Waals surface area contributed by atoms with Crippen LogP contribution in [-0.2, 0) is 4.74 Å². The monoisotopic (exact) mass is 242 g/mol. The molecule has 0 unspecified atom stereocenters. The zero-order chi connectivity index (χ0) is 9.84. The summed E-state index contributed by atoms with van der Waals surface area (Å²) >= 11 is 3.29. The van der Waals surface area contributed by atoms with Gasteiger partial charge in [-0.3, -0.25) is 0 Å². The van der Waals surface area contributed by atoms with Crippen molar-refractivity contribution in [3.8, 4) is 0 Å². The van der Waals surface area contributed by atoms with Gasteiger partial charge in [0.25, 0.3) is 0 Å². The van der Waals surface area contributed by atoms with Crippen LogP contribution in [-0.4, -0.2) is 12.1 Å². The average molecular weight is 243 g/mol. The van der Waals surface area contributed by atoms with Crippen LogP contribution in [0.5, 0.6) is 0 Å². The van der Waals surface area contributed by atoms with Gasteiger partial charge in [0, 0.05) is 4.47 Å². The summed E-state index contributed by atoms with van der Waals surface area (Å²) in [7, 11) is 0. The fourth-order valence-electron chi connectivity index (χ4n) is 0.904. The van der Waals surface area contributed by atoms with Crippen molar-refractivity contribution in [1.29, 1.82) is 0 Å². The number of rotatable bonds is 2. The normalized spacial score (nSPS) is 10.2. The van der Waals surface area contributed by atoms with Crippen LogP contribution in [0.2, 0.25) is 0 Å². The predicted octanol–water partition coefficient (Wildman–Crippen LogP) is 3.01. The van der Waals surface area contributed by atoms with Gasteiger partial charge in [0.1, 0.15) is 0 Å². The Morgan fingerprint density at radius 1 is 1.38 bits per heavy atom. The third-order valence-corrected chi connectivity index (χ3v) is 2.13. The van der Waals surface area contributed by atoms with E-state index in [1.54, 1.807) is 6.07 Å². The van der Waals surface area contributed by atoms with E-state index < -0.39 is 0 Å². The minimum atomic E-state index is -0.289. The van der Waals surface area contributed by atoms with E-state index in [0.29, 0.717) is 5.56 Å². The molecule has 0 fully saturated rings. The summed E-state index contributed by atoms with van der Waals surface area (Å²) in [4.78, 5) is 11.4. The van der Waals surface area contributed by atoms with Crippen molar-refractivity contribution in [2.75, 3.05) is 0 Å². The van der Waals surface area contributed by atoms with Crippen molar-refractivity contribution in [2.24, 2.45) is 0 Å². The highest BCUT2D eigenvalue weighted by molar-refractivity contribution is 9.10. The van der Waals surface area contributed by atoms with Crippen LogP contribution in [0.1, 0.15) is 24.2 Å². The molecule has 0 amide bonds. The number of hydrogen-bond donors (Lipinski definition) is 0. The van der Waals surface area contributed by atoms with E-state index in [4.69, 9.17) is 4.74 Å². The lowest BCUT2D eigenvalue weighted by Gasteiger charge is -2.08. The second-order valence-corrected chi connectivity index (χ2v) is 3.79. The summed E-state index contributed by atoms with van der Waals surface area (Å²) in [6, 6.07) is 7.21. The third kappa shape index (κ3) is 2.84. The van der Waals surface area contributed by atoms with Gasteiger partial charge in [-0.1, -0.05) is 12.1 Å². The molecule has 13 heavy (non-hydrogen) atoms. The molecule has 0 aliphatic heterocycles. The van der Waals surface area contributed by atoms with Crippen LogP contribution in [0, 0.1) is 0 Å². The largest absolute Gasteiger partial charge is 0.459 e. The summed E-state index contributed by atoms with van der Waals surface area (Å²) in [5, 5.41) is 0. The summed E-state index contributed by atoms with van der Waals surface area (Å²) in [5.74, 6) is -0.289. The second kappa shape index (κ2) is 4.42. The second-order valence-electron chi connectivity index (χ2n) is 2.93. The topological polar surface area (TPSA) is 26.3 Å². The molecular formula is C10H11BrO2. The molecule has 0 saturated carbocycles. The molecule has 1 aromatic rings. The molecule has 1 aromatic carbocycles. The maximum atomic E-state index is 11.4. The molecule has 1 rings (SSSR count). The molecule has 0 aromatic heterocycles. The zero-order valence-corrected chi connectivity index (χ0v) is 9.17. The molecule has 0 bridgehead atoms. The summed E-state index contributed by atoms with van der Waals surface area (Å²) in [5.41, 5.74) is 0.566. The van der Waals surface area contributed by atoms with Gasteiger partial charge in [0.2, 0.25) is 0 Å². The maximum Gasteiger partial charge on any atom is 0.339 e. The molecule has 0 saturated heterocycles. The Kier molecular flexibility index (Phi) is 3.48. The van der Waals surface area contributed by atoms with Crippen LogP contribution in [0.15, 0.2) is 28.7 Å². The summed E-state index contributed by atoms with van der Waals surface area (Å²) in [6.07, 6.45) is -0.0837. The molecule has 0 heterocycles. The van der Waals surface area contributed by atoms with Crippen molar-refractivity contribution in [1.82, 2.24) is 0 Å². The SMILES string of the molecule is CC(C)OC(=O)c1ccccc1Br. The minimum Gasteiger partial charge on any atom is -0.459 e. The number of carbonyl (C=O) groups excluding carboxylic acids is 1. The van der Waals surface area contributed by atoms with Gasteiger partial charge in [0.15, 0.2) is 0 Å². The number of esters is 1. The highest BCUT2D eigenvalue weighted by atomic mass is 79.9. The van der Waals surface area contributed by atoms with Crippen LogP contribution < -0.4 is 0 Å². The summed E-state index contributed by atoms with van der Waals surface area (Å²) in [6.45, 7) is 3.66. The molecule has 0 atom stereocenters. The van der Waals surface area contributed by atoms with E-state index >= 15 is 0 Å². The van der Waals surface area contributed by atoms with Gasteiger partial charge in [-0.15, -0.1) is 0 Å². The Labute approximate surface area is 86.0 Å². The van der Waals surface area contributed by atoms with Crippen LogP contribution in [0.25, 0.3) is 0 Å². The van der Waals surface area contributed by atoms with Crippen LogP contribution >= 0.6 is 15.9 Å². The van der Waals surface area contributed by atoms with E-state index in [1.807, 2.05) is 32.0 Å². The summed E-state index contributed by atoms with van der Waals surface area (Å²) < 4.78 is 5.81. The molecule has 2 nitrogen and oxygen atoms in total. The van der Waals surface area contributed by atoms with Gasteiger partial charge in [0.05, 0.1) is 11.7 Å². The van der Waals surface area contributed by atoms with E-state index in [2.05, 4.69) is 15.9 Å². The average Bonchev–Trinajstić information content (AvgIpc) is 2.03. The maximum absolute atomic E-state index is 11.4. The Morgan fingerprint density at radius 3 is 2.54 bits per heavy atom. The fourth-order valence-corrected chi connectivity index (χ4v) is 1.35.